The molecule has 3 fully saturated rings. The van der Waals surface area contributed by atoms with Crippen LogP contribution in [-0.2, 0) is 9.59 Å². The number of Topliss-reactive ketones (excluding diaryl/α,β-unsaturated/α-hetero) is 1. The fraction of sp³-hybridized carbons (Fsp3) is 0.700. The molecule has 4 aliphatic carbocycles. The first-order chi connectivity index (χ1) is 10.9. The van der Waals surface area contributed by atoms with E-state index in [1.807, 2.05) is 6.08 Å². The summed E-state index contributed by atoms with van der Waals surface area (Å²) in [6.07, 6.45) is 10.6. The largest absolute Gasteiger partial charge is 0.329 e. The molecular weight excluding hydrogens is 286 g/mol. The molecule has 6 atom stereocenters. The Labute approximate surface area is 138 Å². The predicted octanol–water partition coefficient (Wildman–Crippen LogP) is 3.05. The SMILES string of the molecule is C[C@@H]1C[C@H]2[C@@H]3CCC(=O)[C@@]3(CN)CC[C@@H]2[C@@]2(C)C=CC(=O)C=C12. The molecule has 0 saturated heterocycles. The maximum absolute atomic E-state index is 12.6. The minimum atomic E-state index is -0.243. The minimum absolute atomic E-state index is 0.0113. The summed E-state index contributed by atoms with van der Waals surface area (Å²) >= 11 is 0. The van der Waals surface area contributed by atoms with Crippen molar-refractivity contribution in [1.82, 2.24) is 0 Å². The molecule has 0 bridgehead atoms. The number of carbonyl (C=O) groups excluding carboxylic acids is 2. The molecule has 0 aromatic heterocycles. The number of allylic oxidation sites excluding steroid dienone is 4. The molecule has 3 heteroatoms. The molecule has 0 heterocycles. The van der Waals surface area contributed by atoms with Crippen LogP contribution >= 0.6 is 0 Å². The van der Waals surface area contributed by atoms with Crippen molar-refractivity contribution < 1.29 is 9.59 Å². The smallest absolute Gasteiger partial charge is 0.178 e. The lowest BCUT2D eigenvalue weighted by Crippen LogP contribution is -2.54. The van der Waals surface area contributed by atoms with Crippen LogP contribution in [-0.4, -0.2) is 18.1 Å². The molecule has 4 aliphatic rings. The molecule has 23 heavy (non-hydrogen) atoms. The van der Waals surface area contributed by atoms with Gasteiger partial charge in [-0.05, 0) is 61.5 Å². The van der Waals surface area contributed by atoms with Crippen molar-refractivity contribution >= 4 is 11.6 Å². The van der Waals surface area contributed by atoms with E-state index in [0.717, 1.165) is 25.7 Å². The fourth-order valence-electron chi connectivity index (χ4n) is 6.57. The van der Waals surface area contributed by atoms with Gasteiger partial charge in [0.05, 0.1) is 0 Å². The zero-order valence-electron chi connectivity index (χ0n) is 14.2. The summed E-state index contributed by atoms with van der Waals surface area (Å²) in [6, 6.07) is 0. The van der Waals surface area contributed by atoms with Crippen LogP contribution in [0, 0.1) is 34.5 Å². The van der Waals surface area contributed by atoms with Gasteiger partial charge in [0.25, 0.3) is 0 Å². The van der Waals surface area contributed by atoms with E-state index in [9.17, 15) is 9.59 Å². The van der Waals surface area contributed by atoms with Crippen molar-refractivity contribution in [3.63, 3.8) is 0 Å². The molecule has 0 aromatic carbocycles. The van der Waals surface area contributed by atoms with Crippen molar-refractivity contribution in [2.45, 2.75) is 46.0 Å². The molecule has 4 rings (SSSR count). The second-order valence-corrected chi connectivity index (χ2v) is 8.49. The van der Waals surface area contributed by atoms with E-state index < -0.39 is 0 Å². The van der Waals surface area contributed by atoms with Gasteiger partial charge in [-0.15, -0.1) is 0 Å². The van der Waals surface area contributed by atoms with E-state index >= 15 is 0 Å². The van der Waals surface area contributed by atoms with Gasteiger partial charge < -0.3 is 5.73 Å². The van der Waals surface area contributed by atoms with Gasteiger partial charge in [0.2, 0.25) is 0 Å². The Morgan fingerprint density at radius 1 is 1.26 bits per heavy atom. The summed E-state index contributed by atoms with van der Waals surface area (Å²) in [5, 5.41) is 0. The van der Waals surface area contributed by atoms with Gasteiger partial charge in [0.15, 0.2) is 5.78 Å². The van der Waals surface area contributed by atoms with E-state index in [2.05, 4.69) is 19.9 Å². The van der Waals surface area contributed by atoms with E-state index in [4.69, 9.17) is 5.73 Å². The van der Waals surface area contributed by atoms with E-state index in [1.54, 1.807) is 6.08 Å². The number of carbonyl (C=O) groups is 2. The lowest BCUT2D eigenvalue weighted by Gasteiger charge is -2.57. The van der Waals surface area contributed by atoms with Gasteiger partial charge in [-0.3, -0.25) is 9.59 Å². The highest BCUT2D eigenvalue weighted by Crippen LogP contribution is 2.64. The summed E-state index contributed by atoms with van der Waals surface area (Å²) in [5.41, 5.74) is 7.18. The van der Waals surface area contributed by atoms with Crippen molar-refractivity contribution in [1.29, 1.82) is 0 Å². The third-order valence-electron chi connectivity index (χ3n) is 7.69. The number of hydrogen-bond acceptors (Lipinski definition) is 3. The zero-order valence-corrected chi connectivity index (χ0v) is 14.2. The van der Waals surface area contributed by atoms with Crippen LogP contribution in [0.15, 0.2) is 23.8 Å². The van der Waals surface area contributed by atoms with E-state index in [0.29, 0.717) is 42.4 Å². The van der Waals surface area contributed by atoms with Crippen molar-refractivity contribution in [2.75, 3.05) is 6.54 Å². The van der Waals surface area contributed by atoms with Crippen LogP contribution in [0.4, 0.5) is 0 Å². The lowest BCUT2D eigenvalue weighted by atomic mass is 9.46. The average Bonchev–Trinajstić information content (AvgIpc) is 2.87. The Balaban J connectivity index is 1.76. The second-order valence-electron chi connectivity index (χ2n) is 8.49. The molecule has 3 saturated carbocycles. The topological polar surface area (TPSA) is 60.2 Å². The minimum Gasteiger partial charge on any atom is -0.329 e. The van der Waals surface area contributed by atoms with Crippen LogP contribution in [0.5, 0.6) is 0 Å². The van der Waals surface area contributed by atoms with Gasteiger partial charge in [-0.2, -0.15) is 0 Å². The predicted molar refractivity (Wildman–Crippen MR) is 89.6 cm³/mol. The second kappa shape index (κ2) is 4.89. The monoisotopic (exact) mass is 313 g/mol. The number of ketones is 2. The summed E-state index contributed by atoms with van der Waals surface area (Å²) in [5.74, 6) is 2.52. The summed E-state index contributed by atoms with van der Waals surface area (Å²) < 4.78 is 0. The maximum atomic E-state index is 12.6. The number of rotatable bonds is 1. The van der Waals surface area contributed by atoms with Crippen molar-refractivity contribution in [3.05, 3.63) is 23.8 Å². The van der Waals surface area contributed by atoms with Gasteiger partial charge in [0, 0.05) is 23.8 Å². The quantitative estimate of drug-likeness (QED) is 0.809. The highest BCUT2D eigenvalue weighted by atomic mass is 16.1. The van der Waals surface area contributed by atoms with Crippen LogP contribution in [0.1, 0.15) is 46.0 Å². The zero-order chi connectivity index (χ0) is 16.4. The summed E-state index contributed by atoms with van der Waals surface area (Å²) in [7, 11) is 0. The molecule has 0 aliphatic heterocycles. The van der Waals surface area contributed by atoms with Crippen LogP contribution in [0.2, 0.25) is 0 Å². The number of fused-ring (bicyclic) bond motifs is 5. The van der Waals surface area contributed by atoms with Crippen LogP contribution in [0.25, 0.3) is 0 Å². The molecule has 0 unspecified atom stereocenters. The molecule has 0 amide bonds. The van der Waals surface area contributed by atoms with Crippen LogP contribution in [0.3, 0.4) is 0 Å². The van der Waals surface area contributed by atoms with Gasteiger partial charge in [0.1, 0.15) is 5.78 Å². The highest BCUT2D eigenvalue weighted by molar-refractivity contribution is 6.01. The first-order valence-corrected chi connectivity index (χ1v) is 9.11. The van der Waals surface area contributed by atoms with Crippen LogP contribution < -0.4 is 5.73 Å². The maximum Gasteiger partial charge on any atom is 0.178 e. The van der Waals surface area contributed by atoms with E-state index in [-0.39, 0.29) is 16.6 Å². The standard InChI is InChI=1S/C20H27NO2/c1-12-9-14-15(19(2)7-5-13(22)10-17(12)19)6-8-20(11-21)16(14)3-4-18(20)23/h5,7,10,12,14-16H,3-4,6,8-9,11,21H2,1-2H3/t12-,14-,15+,16+,19-,20-/m1/s1. The van der Waals surface area contributed by atoms with Gasteiger partial charge >= 0.3 is 0 Å². The molecule has 2 N–H and O–H groups in total. The average molecular weight is 313 g/mol. The Hall–Kier alpha value is -1.22. The third kappa shape index (κ3) is 1.86. The number of hydrogen-bond donors (Lipinski definition) is 1. The fourth-order valence-corrected chi connectivity index (χ4v) is 6.57. The highest BCUT2D eigenvalue weighted by Gasteiger charge is 2.60. The molecule has 0 aromatic rings. The van der Waals surface area contributed by atoms with Gasteiger partial charge in [-0.25, -0.2) is 0 Å². The Morgan fingerprint density at radius 3 is 2.78 bits per heavy atom. The Morgan fingerprint density at radius 2 is 2.04 bits per heavy atom. The number of nitrogens with two attached hydrogens (primary N) is 1. The first-order valence-electron chi connectivity index (χ1n) is 9.11. The normalized spacial score (nSPS) is 48.6. The van der Waals surface area contributed by atoms with Gasteiger partial charge in [-0.1, -0.05) is 25.5 Å². The summed E-state index contributed by atoms with van der Waals surface area (Å²) in [6.45, 7) is 5.07. The first kappa shape index (κ1) is 15.3. The molecule has 124 valence electrons. The summed E-state index contributed by atoms with van der Waals surface area (Å²) in [4.78, 5) is 24.4. The van der Waals surface area contributed by atoms with Crippen molar-refractivity contribution in [3.8, 4) is 0 Å². The molecular formula is C20H27NO2. The van der Waals surface area contributed by atoms with E-state index in [1.165, 1.54) is 5.57 Å². The molecule has 0 spiro atoms. The third-order valence-corrected chi connectivity index (χ3v) is 7.69. The Bertz CT molecular complexity index is 634. The van der Waals surface area contributed by atoms with Crippen molar-refractivity contribution in [2.24, 2.45) is 40.2 Å². The molecule has 3 nitrogen and oxygen atoms in total. The Kier molecular flexibility index (Phi) is 3.26. The lowest BCUT2D eigenvalue weighted by molar-refractivity contribution is -0.132. The molecule has 0 radical (unpaired) electrons.